The van der Waals surface area contributed by atoms with E-state index in [2.05, 4.69) is 35.3 Å². The summed E-state index contributed by atoms with van der Waals surface area (Å²) in [6.45, 7) is 1.93. The van der Waals surface area contributed by atoms with E-state index in [4.69, 9.17) is 9.84 Å². The molecule has 7 heteroatoms. The Morgan fingerprint density at radius 1 is 0.900 bits per heavy atom. The number of aryl methyl sites for hydroxylation is 3. The monoisotopic (exact) mass is 575 g/mol. The van der Waals surface area contributed by atoms with Gasteiger partial charge in [0.25, 0.3) is 0 Å². The number of hydrogen-bond donors (Lipinski definition) is 2. The van der Waals surface area contributed by atoms with Crippen molar-refractivity contribution in [3.8, 4) is 5.75 Å². The molecule has 0 saturated carbocycles. The van der Waals surface area contributed by atoms with Gasteiger partial charge in [-0.05, 0) is 74.6 Å². The number of benzene rings is 3. The lowest BCUT2D eigenvalue weighted by Crippen LogP contribution is -2.35. The van der Waals surface area contributed by atoms with Gasteiger partial charge in [0.1, 0.15) is 10.8 Å². The first-order valence-electron chi connectivity index (χ1n) is 13.8. The third kappa shape index (κ3) is 9.22. The average Bonchev–Trinajstić information content (AvgIpc) is 3.30. The number of rotatable bonds is 16. The van der Waals surface area contributed by atoms with E-state index in [0.29, 0.717) is 24.2 Å². The van der Waals surface area contributed by atoms with Crippen molar-refractivity contribution in [2.75, 3.05) is 5.75 Å². The number of hydrogen-bond acceptors (Lipinski definition) is 6. The van der Waals surface area contributed by atoms with Gasteiger partial charge >= 0.3 is 5.97 Å². The largest absolute Gasteiger partial charge is 0.481 e. The second-order valence-electron chi connectivity index (χ2n) is 9.91. The smallest absolute Gasteiger partial charge is 0.303 e. The van der Waals surface area contributed by atoms with Crippen LogP contribution >= 0.6 is 23.1 Å². The van der Waals surface area contributed by atoms with E-state index in [1.54, 1.807) is 0 Å². The van der Waals surface area contributed by atoms with Crippen LogP contribution in [0, 0.1) is 6.92 Å². The van der Waals surface area contributed by atoms with Gasteiger partial charge in [0.15, 0.2) is 0 Å². The van der Waals surface area contributed by atoms with Crippen LogP contribution in [0.2, 0.25) is 0 Å². The van der Waals surface area contributed by atoms with E-state index in [-0.39, 0.29) is 12.8 Å². The van der Waals surface area contributed by atoms with Crippen LogP contribution in [0.5, 0.6) is 5.75 Å². The molecule has 0 aliphatic rings. The molecule has 0 aliphatic heterocycles. The Morgan fingerprint density at radius 2 is 1.60 bits per heavy atom. The number of thioether (sulfide) groups is 1. The fourth-order valence-corrected chi connectivity index (χ4v) is 6.63. The number of ether oxygens (including phenoxy) is 1. The summed E-state index contributed by atoms with van der Waals surface area (Å²) in [5.74, 6) is -0.718. The number of carbonyl (C=O) groups is 1. The molecular weight excluding hydrogens is 539 g/mol. The lowest BCUT2D eigenvalue weighted by molar-refractivity contribution is -0.145. The maximum atomic E-state index is 11.8. The summed E-state index contributed by atoms with van der Waals surface area (Å²) in [6.07, 6.45) is 6.28. The number of aliphatic carboxylic acids is 1. The Hall–Kier alpha value is -3.13. The number of aliphatic hydroxyl groups is 1. The fraction of sp³-hybridized carbons (Fsp3) is 0.333. The maximum absolute atomic E-state index is 11.8. The van der Waals surface area contributed by atoms with Gasteiger partial charge in [-0.2, -0.15) is 0 Å². The zero-order valence-corrected chi connectivity index (χ0v) is 24.6. The van der Waals surface area contributed by atoms with E-state index in [9.17, 15) is 9.90 Å². The Morgan fingerprint density at radius 3 is 2.30 bits per heavy atom. The molecule has 1 atom stereocenters. The first-order valence-corrected chi connectivity index (χ1v) is 15.6. The Balaban J connectivity index is 1.33. The van der Waals surface area contributed by atoms with Gasteiger partial charge in [-0.15, -0.1) is 23.1 Å². The molecule has 1 aromatic heterocycles. The second-order valence-corrected chi connectivity index (χ2v) is 12.2. The van der Waals surface area contributed by atoms with Crippen molar-refractivity contribution in [2.45, 2.75) is 69.0 Å². The number of carboxylic acids is 1. The lowest BCUT2D eigenvalue weighted by atomic mass is 10.0. The molecule has 0 radical (unpaired) electrons. The molecular formula is C33H37NO4S2. The highest BCUT2D eigenvalue weighted by Crippen LogP contribution is 2.33. The Labute approximate surface area is 245 Å². The highest BCUT2D eigenvalue weighted by atomic mass is 32.2. The van der Waals surface area contributed by atoms with E-state index in [1.165, 1.54) is 41.1 Å². The minimum absolute atomic E-state index is 0.131. The molecule has 0 amide bonds. The van der Waals surface area contributed by atoms with E-state index >= 15 is 0 Å². The fourth-order valence-electron chi connectivity index (χ4n) is 4.54. The number of thiazole rings is 1. The number of aromatic nitrogens is 1. The van der Waals surface area contributed by atoms with Gasteiger partial charge in [0.2, 0.25) is 5.79 Å². The van der Waals surface area contributed by atoms with Crippen molar-refractivity contribution in [3.05, 3.63) is 112 Å². The Kier molecular flexibility index (Phi) is 11.2. The molecule has 4 aromatic rings. The predicted molar refractivity (Wildman–Crippen MR) is 163 cm³/mol. The summed E-state index contributed by atoms with van der Waals surface area (Å²) < 4.78 is 6.24. The lowest BCUT2D eigenvalue weighted by Gasteiger charge is -2.29. The zero-order valence-electron chi connectivity index (χ0n) is 22.9. The maximum Gasteiger partial charge on any atom is 0.303 e. The molecule has 0 aliphatic carbocycles. The van der Waals surface area contributed by atoms with Crippen molar-refractivity contribution in [3.63, 3.8) is 0 Å². The zero-order chi connectivity index (χ0) is 28.2. The van der Waals surface area contributed by atoms with Crippen molar-refractivity contribution in [1.29, 1.82) is 0 Å². The summed E-state index contributed by atoms with van der Waals surface area (Å²) in [5.41, 5.74) is 2.94. The van der Waals surface area contributed by atoms with Crippen LogP contribution in [0.15, 0.2) is 89.8 Å². The van der Waals surface area contributed by atoms with Crippen LogP contribution in [0.4, 0.5) is 0 Å². The Bertz CT molecular complexity index is 1330. The number of nitrogens with zero attached hydrogens (tertiary/aromatic N) is 1. The standard InChI is InChI=1S/C33H37NO4S2/c1-25-30(17-11-18-32(35)36)40-31(34-25)24-33(37,27-15-8-3-9-16-27)38-28-19-21-29(22-20-28)39-23-10-4-7-14-26-12-5-2-6-13-26/h2-3,5-6,8-9,12-13,15-16,19-22,37H,4,7,10-11,14,17-18,23-24H2,1H3,(H,35,36). The van der Waals surface area contributed by atoms with Crippen molar-refractivity contribution >= 4 is 29.1 Å². The first-order chi connectivity index (χ1) is 19.4. The molecule has 40 heavy (non-hydrogen) atoms. The van der Waals surface area contributed by atoms with Gasteiger partial charge in [0.05, 0.1) is 12.1 Å². The quantitative estimate of drug-likeness (QED) is 0.0805. The molecule has 2 N–H and O–H groups in total. The van der Waals surface area contributed by atoms with Crippen LogP contribution in [-0.4, -0.2) is 26.9 Å². The van der Waals surface area contributed by atoms with Crippen LogP contribution in [0.3, 0.4) is 0 Å². The summed E-state index contributed by atoms with van der Waals surface area (Å²) in [6, 6.07) is 27.9. The van der Waals surface area contributed by atoms with E-state index in [0.717, 1.165) is 27.8 Å². The van der Waals surface area contributed by atoms with E-state index in [1.807, 2.05) is 73.3 Å². The minimum Gasteiger partial charge on any atom is -0.481 e. The summed E-state index contributed by atoms with van der Waals surface area (Å²) in [4.78, 5) is 17.8. The summed E-state index contributed by atoms with van der Waals surface area (Å²) in [7, 11) is 0. The van der Waals surface area contributed by atoms with E-state index < -0.39 is 11.8 Å². The summed E-state index contributed by atoms with van der Waals surface area (Å²) >= 11 is 3.35. The van der Waals surface area contributed by atoms with Gasteiger partial charge in [-0.3, -0.25) is 4.79 Å². The van der Waals surface area contributed by atoms with Gasteiger partial charge < -0.3 is 14.9 Å². The highest BCUT2D eigenvalue weighted by molar-refractivity contribution is 7.99. The molecule has 1 unspecified atom stereocenters. The van der Waals surface area contributed by atoms with Crippen molar-refractivity contribution in [2.24, 2.45) is 0 Å². The number of carboxylic acid groups (broad SMARTS) is 1. The third-order valence-corrected chi connectivity index (χ3v) is 8.99. The molecule has 0 bridgehead atoms. The first kappa shape index (κ1) is 29.8. The average molecular weight is 576 g/mol. The molecule has 210 valence electrons. The molecule has 1 heterocycles. The van der Waals surface area contributed by atoms with Gasteiger partial charge in [0, 0.05) is 21.8 Å². The van der Waals surface area contributed by atoms with Gasteiger partial charge in [-0.25, -0.2) is 4.98 Å². The van der Waals surface area contributed by atoms with Crippen molar-refractivity contribution < 1.29 is 19.7 Å². The molecule has 4 rings (SSSR count). The second kappa shape index (κ2) is 15.0. The SMILES string of the molecule is Cc1nc(CC(O)(Oc2ccc(SCCCCCc3ccccc3)cc2)c2ccccc2)sc1CCCC(=O)O. The highest BCUT2D eigenvalue weighted by Gasteiger charge is 2.34. The third-order valence-electron chi connectivity index (χ3n) is 6.68. The molecule has 5 nitrogen and oxygen atoms in total. The van der Waals surface area contributed by atoms with Crippen molar-refractivity contribution in [1.82, 2.24) is 4.98 Å². The van der Waals surface area contributed by atoms with Crippen LogP contribution in [0.25, 0.3) is 0 Å². The summed E-state index contributed by atoms with van der Waals surface area (Å²) in [5, 5.41) is 21.5. The predicted octanol–water partition coefficient (Wildman–Crippen LogP) is 7.83. The van der Waals surface area contributed by atoms with Crippen LogP contribution in [-0.2, 0) is 29.8 Å². The molecule has 3 aromatic carbocycles. The molecule has 0 saturated heterocycles. The normalized spacial score (nSPS) is 12.7. The van der Waals surface area contributed by atoms with Crippen LogP contribution in [0.1, 0.15) is 58.8 Å². The van der Waals surface area contributed by atoms with Gasteiger partial charge in [-0.1, -0.05) is 67.1 Å². The minimum atomic E-state index is -1.59. The molecule has 0 spiro atoms. The molecule has 0 fully saturated rings. The van der Waals surface area contributed by atoms with Crippen LogP contribution < -0.4 is 4.74 Å². The number of unbranched alkanes of at least 4 members (excludes halogenated alkanes) is 2. The topological polar surface area (TPSA) is 79.7 Å².